The highest BCUT2D eigenvalue weighted by Crippen LogP contribution is 2.24. The first kappa shape index (κ1) is 13.7. The largest absolute Gasteiger partial charge is 0.478 e. The number of nitrogens with two attached hydrogens (primary N) is 1. The number of carboxylic acid groups (broad SMARTS) is 1. The lowest BCUT2D eigenvalue weighted by Crippen LogP contribution is -2.35. The lowest BCUT2D eigenvalue weighted by atomic mass is 10.1. The average molecular weight is 284 g/mol. The molecule has 1 saturated heterocycles. The van der Waals surface area contributed by atoms with Gasteiger partial charge in [0.1, 0.15) is 0 Å². The molecular weight excluding hydrogens is 268 g/mol. The van der Waals surface area contributed by atoms with Gasteiger partial charge in [-0.1, -0.05) is 0 Å². The van der Waals surface area contributed by atoms with Gasteiger partial charge in [0.05, 0.1) is 28.4 Å². The maximum atomic E-state index is 11.5. The predicted molar refractivity (Wildman–Crippen MR) is 73.1 cm³/mol. The normalized spacial score (nSPS) is 21.8. The van der Waals surface area contributed by atoms with Gasteiger partial charge >= 0.3 is 5.97 Å². The second-order valence-corrected chi connectivity index (χ2v) is 6.93. The summed E-state index contributed by atoms with van der Waals surface area (Å²) < 4.78 is 23.1. The highest BCUT2D eigenvalue weighted by atomic mass is 32.2. The third-order valence-electron chi connectivity index (χ3n) is 3.12. The van der Waals surface area contributed by atoms with Gasteiger partial charge in [-0.15, -0.1) is 0 Å². The Morgan fingerprint density at radius 3 is 2.79 bits per heavy atom. The van der Waals surface area contributed by atoms with Crippen LogP contribution < -0.4 is 11.1 Å². The minimum Gasteiger partial charge on any atom is -0.478 e. The molecule has 4 N–H and O–H groups in total. The van der Waals surface area contributed by atoms with Gasteiger partial charge in [-0.05, 0) is 31.0 Å². The molecule has 0 amide bonds. The molecule has 1 heterocycles. The Hall–Kier alpha value is -1.76. The van der Waals surface area contributed by atoms with Crippen molar-refractivity contribution in [2.24, 2.45) is 0 Å². The van der Waals surface area contributed by atoms with Gasteiger partial charge in [-0.3, -0.25) is 0 Å². The highest BCUT2D eigenvalue weighted by Gasteiger charge is 2.25. The second-order valence-electron chi connectivity index (χ2n) is 4.71. The number of sulfone groups is 1. The molecule has 1 fully saturated rings. The summed E-state index contributed by atoms with van der Waals surface area (Å²) >= 11 is 0. The lowest BCUT2D eigenvalue weighted by Gasteiger charge is -2.24. The molecule has 2 rings (SSSR count). The van der Waals surface area contributed by atoms with Crippen LogP contribution in [0.1, 0.15) is 23.2 Å². The van der Waals surface area contributed by atoms with Crippen LogP contribution in [0, 0.1) is 0 Å². The molecule has 6 nitrogen and oxygen atoms in total. The second kappa shape index (κ2) is 5.08. The molecule has 1 atom stereocenters. The standard InChI is InChI=1S/C12H16N2O4S/c13-10-4-3-8(12(15)16)6-11(10)14-9-2-1-5-19(17,18)7-9/h3-4,6,9,14H,1-2,5,7,13H2,(H,15,16). The van der Waals surface area contributed by atoms with E-state index in [-0.39, 0.29) is 23.1 Å². The van der Waals surface area contributed by atoms with Crippen molar-refractivity contribution in [3.63, 3.8) is 0 Å². The van der Waals surface area contributed by atoms with Gasteiger partial charge in [-0.25, -0.2) is 13.2 Å². The van der Waals surface area contributed by atoms with Crippen LogP contribution in [0.3, 0.4) is 0 Å². The SMILES string of the molecule is Nc1ccc(C(=O)O)cc1NC1CCCS(=O)(=O)C1. The van der Waals surface area contributed by atoms with Crippen molar-refractivity contribution in [2.45, 2.75) is 18.9 Å². The number of hydrogen-bond donors (Lipinski definition) is 3. The maximum Gasteiger partial charge on any atom is 0.335 e. The topological polar surface area (TPSA) is 109 Å². The third-order valence-corrected chi connectivity index (χ3v) is 4.94. The Kier molecular flexibility index (Phi) is 3.66. The Labute approximate surface area is 111 Å². The first-order chi connectivity index (χ1) is 8.87. The number of hydrogen-bond acceptors (Lipinski definition) is 5. The molecule has 1 unspecified atom stereocenters. The molecule has 1 aromatic rings. The average Bonchev–Trinajstić information content (AvgIpc) is 2.30. The van der Waals surface area contributed by atoms with Crippen molar-refractivity contribution >= 4 is 27.2 Å². The summed E-state index contributed by atoms with van der Waals surface area (Å²) in [7, 11) is -3.01. The van der Waals surface area contributed by atoms with E-state index in [1.54, 1.807) is 0 Å². The van der Waals surface area contributed by atoms with E-state index in [1.807, 2.05) is 0 Å². The van der Waals surface area contributed by atoms with E-state index in [4.69, 9.17) is 10.8 Å². The van der Waals surface area contributed by atoms with Crippen LogP contribution in [0.5, 0.6) is 0 Å². The monoisotopic (exact) mass is 284 g/mol. The molecule has 1 aliphatic heterocycles. The summed E-state index contributed by atoms with van der Waals surface area (Å²) in [5, 5.41) is 12.0. The summed E-state index contributed by atoms with van der Waals surface area (Å²) in [5.74, 6) is -0.765. The summed E-state index contributed by atoms with van der Waals surface area (Å²) in [5.41, 5.74) is 6.77. The molecule has 0 saturated carbocycles. The Morgan fingerprint density at radius 1 is 1.42 bits per heavy atom. The number of nitrogen functional groups attached to an aromatic ring is 1. The fourth-order valence-electron chi connectivity index (χ4n) is 2.17. The van der Waals surface area contributed by atoms with Gasteiger partial charge < -0.3 is 16.2 Å². The molecule has 0 spiro atoms. The van der Waals surface area contributed by atoms with E-state index in [1.165, 1.54) is 18.2 Å². The fraction of sp³-hybridized carbons (Fsp3) is 0.417. The summed E-state index contributed by atoms with van der Waals surface area (Å²) in [6.07, 6.45) is 1.34. The molecular formula is C12H16N2O4S. The smallest absolute Gasteiger partial charge is 0.335 e. The van der Waals surface area contributed by atoms with Crippen LogP contribution in [0.4, 0.5) is 11.4 Å². The van der Waals surface area contributed by atoms with Crippen LogP contribution in [0.25, 0.3) is 0 Å². The number of aromatic carboxylic acids is 1. The molecule has 0 aromatic heterocycles. The van der Waals surface area contributed by atoms with Crippen LogP contribution in [0.15, 0.2) is 18.2 Å². The quantitative estimate of drug-likeness (QED) is 0.713. The molecule has 0 bridgehead atoms. The summed E-state index contributed by atoms with van der Waals surface area (Å²) in [6.45, 7) is 0. The zero-order valence-corrected chi connectivity index (χ0v) is 11.1. The van der Waals surface area contributed by atoms with Gasteiger partial charge in [0, 0.05) is 6.04 Å². The minimum absolute atomic E-state index is 0.0593. The van der Waals surface area contributed by atoms with E-state index >= 15 is 0 Å². The van der Waals surface area contributed by atoms with Crippen molar-refractivity contribution in [2.75, 3.05) is 22.6 Å². The molecule has 0 radical (unpaired) electrons. The Morgan fingerprint density at radius 2 is 2.16 bits per heavy atom. The number of carbonyl (C=O) groups is 1. The third kappa shape index (κ3) is 3.37. The number of rotatable bonds is 3. The first-order valence-electron chi connectivity index (χ1n) is 5.97. The maximum absolute atomic E-state index is 11.5. The van der Waals surface area contributed by atoms with Gasteiger partial charge in [0.15, 0.2) is 9.84 Å². The number of benzene rings is 1. The number of anilines is 2. The summed E-state index contributed by atoms with van der Waals surface area (Å²) in [4.78, 5) is 10.9. The van der Waals surface area contributed by atoms with Crippen LogP contribution in [0.2, 0.25) is 0 Å². The van der Waals surface area contributed by atoms with Crippen LogP contribution >= 0.6 is 0 Å². The van der Waals surface area contributed by atoms with E-state index in [0.29, 0.717) is 17.8 Å². The van der Waals surface area contributed by atoms with Crippen molar-refractivity contribution in [1.29, 1.82) is 0 Å². The van der Waals surface area contributed by atoms with Crippen molar-refractivity contribution < 1.29 is 18.3 Å². The van der Waals surface area contributed by atoms with E-state index < -0.39 is 15.8 Å². The zero-order chi connectivity index (χ0) is 14.0. The molecule has 1 aromatic carbocycles. The minimum atomic E-state index is -3.01. The Bertz CT molecular complexity index is 598. The van der Waals surface area contributed by atoms with E-state index in [2.05, 4.69) is 5.32 Å². The molecule has 104 valence electrons. The van der Waals surface area contributed by atoms with Crippen molar-refractivity contribution in [3.05, 3.63) is 23.8 Å². The Balaban J connectivity index is 2.18. The van der Waals surface area contributed by atoms with Gasteiger partial charge in [0.25, 0.3) is 0 Å². The predicted octanol–water partition coefficient (Wildman–Crippen LogP) is 0.956. The highest BCUT2D eigenvalue weighted by molar-refractivity contribution is 7.91. The van der Waals surface area contributed by atoms with E-state index in [0.717, 1.165) is 6.42 Å². The van der Waals surface area contributed by atoms with Crippen molar-refractivity contribution in [1.82, 2.24) is 0 Å². The lowest BCUT2D eigenvalue weighted by molar-refractivity contribution is 0.0697. The van der Waals surface area contributed by atoms with Gasteiger partial charge in [0.2, 0.25) is 0 Å². The molecule has 7 heteroatoms. The number of nitrogens with one attached hydrogen (secondary N) is 1. The van der Waals surface area contributed by atoms with Gasteiger partial charge in [-0.2, -0.15) is 0 Å². The number of carboxylic acids is 1. The molecule has 1 aliphatic rings. The summed E-state index contributed by atoms with van der Waals surface area (Å²) in [6, 6.07) is 4.13. The first-order valence-corrected chi connectivity index (χ1v) is 7.79. The molecule has 19 heavy (non-hydrogen) atoms. The van der Waals surface area contributed by atoms with Crippen LogP contribution in [-0.4, -0.2) is 37.0 Å². The van der Waals surface area contributed by atoms with Crippen molar-refractivity contribution in [3.8, 4) is 0 Å². The zero-order valence-electron chi connectivity index (χ0n) is 10.3. The van der Waals surface area contributed by atoms with Crippen LogP contribution in [-0.2, 0) is 9.84 Å². The van der Waals surface area contributed by atoms with E-state index in [9.17, 15) is 13.2 Å². The molecule has 0 aliphatic carbocycles. The fourth-order valence-corrected chi connectivity index (χ4v) is 3.81.